The van der Waals surface area contributed by atoms with E-state index in [0.717, 1.165) is 0 Å². The van der Waals surface area contributed by atoms with Crippen molar-refractivity contribution in [3.63, 3.8) is 0 Å². The summed E-state index contributed by atoms with van der Waals surface area (Å²) in [6, 6.07) is 10.3. The zero-order valence-corrected chi connectivity index (χ0v) is 16.3. The number of hydrogen-bond donors (Lipinski definition) is 1. The third kappa shape index (κ3) is 5.50. The van der Waals surface area contributed by atoms with Crippen LogP contribution in [0.4, 0.5) is 32.0 Å². The van der Waals surface area contributed by atoms with E-state index < -0.39 is 41.9 Å². The van der Waals surface area contributed by atoms with Crippen LogP contribution in [0.5, 0.6) is 11.5 Å². The van der Waals surface area contributed by atoms with Crippen molar-refractivity contribution in [2.24, 2.45) is 0 Å². The first kappa shape index (κ1) is 23.0. The average Bonchev–Trinajstić information content (AvgIpc) is 3.17. The predicted molar refractivity (Wildman–Crippen MR) is 101 cm³/mol. The number of carbonyl (C=O) groups excluding carboxylic acids is 1. The molecule has 0 aliphatic rings. The first-order valence-corrected chi connectivity index (χ1v) is 8.89. The molecule has 0 aliphatic heterocycles. The topological polar surface area (TPSA) is 65.4 Å². The van der Waals surface area contributed by atoms with Crippen molar-refractivity contribution in [2.45, 2.75) is 12.4 Å². The first-order valence-electron chi connectivity index (χ1n) is 8.89. The second-order valence-electron chi connectivity index (χ2n) is 6.39. The van der Waals surface area contributed by atoms with Crippen LogP contribution in [0.25, 0.3) is 5.69 Å². The van der Waals surface area contributed by atoms with Crippen LogP contribution >= 0.6 is 0 Å². The highest BCUT2D eigenvalue weighted by Crippen LogP contribution is 2.36. The standard InChI is InChI=1S/C20H15F6N3O3/c1-31-16-10-29(13-5-3-2-4-6-13)28-17(16)18(30)27-14-9-12(20(24,25)26)7-8-15(14)32-11-19(21,22)23/h2-10H,11H2,1H3,(H,27,30). The van der Waals surface area contributed by atoms with Gasteiger partial charge in [-0.1, -0.05) is 18.2 Å². The minimum absolute atomic E-state index is 0.00362. The minimum atomic E-state index is -4.80. The summed E-state index contributed by atoms with van der Waals surface area (Å²) in [5, 5.41) is 6.20. The molecular formula is C20H15F6N3O3. The molecular weight excluding hydrogens is 444 g/mol. The van der Waals surface area contributed by atoms with E-state index in [0.29, 0.717) is 23.9 Å². The second kappa shape index (κ2) is 8.81. The predicted octanol–water partition coefficient (Wildman–Crippen LogP) is 5.09. The van der Waals surface area contributed by atoms with Gasteiger partial charge >= 0.3 is 12.4 Å². The molecule has 3 aromatic rings. The Morgan fingerprint density at radius 2 is 1.72 bits per heavy atom. The van der Waals surface area contributed by atoms with Gasteiger partial charge in [-0.3, -0.25) is 4.79 Å². The summed E-state index contributed by atoms with van der Waals surface area (Å²) in [5.74, 6) is -1.60. The largest absolute Gasteiger partial charge is 0.493 e. The Morgan fingerprint density at radius 1 is 1.03 bits per heavy atom. The van der Waals surface area contributed by atoms with E-state index in [-0.39, 0.29) is 11.4 Å². The average molecular weight is 459 g/mol. The molecule has 12 heteroatoms. The van der Waals surface area contributed by atoms with E-state index in [9.17, 15) is 31.1 Å². The first-order chi connectivity index (χ1) is 15.0. The number of halogens is 6. The van der Waals surface area contributed by atoms with Crippen LogP contribution in [0.15, 0.2) is 54.7 Å². The van der Waals surface area contributed by atoms with Gasteiger partial charge in [-0.15, -0.1) is 0 Å². The highest BCUT2D eigenvalue weighted by Gasteiger charge is 2.33. The van der Waals surface area contributed by atoms with Crippen LogP contribution in [-0.2, 0) is 6.18 Å². The summed E-state index contributed by atoms with van der Waals surface area (Å²) >= 11 is 0. The number of nitrogens with zero attached hydrogens (tertiary/aromatic N) is 2. The lowest BCUT2D eigenvalue weighted by atomic mass is 10.1. The van der Waals surface area contributed by atoms with Gasteiger partial charge in [0, 0.05) is 0 Å². The van der Waals surface area contributed by atoms with Gasteiger partial charge in [-0.05, 0) is 30.3 Å². The van der Waals surface area contributed by atoms with Gasteiger partial charge in [-0.25, -0.2) is 4.68 Å². The Hall–Kier alpha value is -3.70. The van der Waals surface area contributed by atoms with Crippen molar-refractivity contribution in [3.8, 4) is 17.2 Å². The number of amides is 1. The summed E-state index contributed by atoms with van der Waals surface area (Å²) in [5.41, 5.74) is -1.52. The quantitative estimate of drug-likeness (QED) is 0.522. The Bertz CT molecular complexity index is 1090. The molecule has 0 aliphatic carbocycles. The summed E-state index contributed by atoms with van der Waals surface area (Å²) in [4.78, 5) is 12.7. The van der Waals surface area contributed by atoms with E-state index in [2.05, 4.69) is 15.2 Å². The maximum absolute atomic E-state index is 13.1. The maximum Gasteiger partial charge on any atom is 0.422 e. The smallest absolute Gasteiger partial charge is 0.422 e. The maximum atomic E-state index is 13.1. The van der Waals surface area contributed by atoms with Crippen molar-refractivity contribution in [2.75, 3.05) is 19.0 Å². The van der Waals surface area contributed by atoms with Crippen molar-refractivity contribution < 1.29 is 40.6 Å². The molecule has 0 unspecified atom stereocenters. The monoisotopic (exact) mass is 459 g/mol. The van der Waals surface area contributed by atoms with Crippen molar-refractivity contribution in [1.82, 2.24) is 9.78 Å². The zero-order chi connectivity index (χ0) is 23.5. The van der Waals surface area contributed by atoms with Crippen molar-refractivity contribution in [1.29, 1.82) is 0 Å². The van der Waals surface area contributed by atoms with Gasteiger partial charge in [0.1, 0.15) is 5.75 Å². The zero-order valence-electron chi connectivity index (χ0n) is 16.3. The summed E-state index contributed by atoms with van der Waals surface area (Å²) in [6.45, 7) is -1.76. The molecule has 0 spiro atoms. The number of benzene rings is 2. The summed E-state index contributed by atoms with van der Waals surface area (Å²) in [6.07, 6.45) is -8.16. The molecule has 1 heterocycles. The fourth-order valence-electron chi connectivity index (χ4n) is 2.65. The lowest BCUT2D eigenvalue weighted by molar-refractivity contribution is -0.153. The van der Waals surface area contributed by atoms with Crippen LogP contribution in [0.2, 0.25) is 0 Å². The van der Waals surface area contributed by atoms with E-state index in [1.54, 1.807) is 30.3 Å². The summed E-state index contributed by atoms with van der Waals surface area (Å²) in [7, 11) is 1.26. The third-order valence-electron chi connectivity index (χ3n) is 4.08. The number of para-hydroxylation sites is 1. The van der Waals surface area contributed by atoms with Gasteiger partial charge in [0.2, 0.25) is 0 Å². The fraction of sp³-hybridized carbons (Fsp3) is 0.200. The van der Waals surface area contributed by atoms with Crippen LogP contribution in [0.1, 0.15) is 16.1 Å². The number of rotatable bonds is 6. The van der Waals surface area contributed by atoms with E-state index in [1.165, 1.54) is 18.0 Å². The van der Waals surface area contributed by atoms with E-state index in [1.807, 2.05) is 0 Å². The Kier molecular flexibility index (Phi) is 6.32. The normalized spacial score (nSPS) is 11.8. The Labute approximate surface area is 177 Å². The number of aromatic nitrogens is 2. The third-order valence-corrected chi connectivity index (χ3v) is 4.08. The molecule has 2 aromatic carbocycles. The van der Waals surface area contributed by atoms with Crippen LogP contribution in [0, 0.1) is 0 Å². The molecule has 0 fully saturated rings. The molecule has 0 saturated heterocycles. The molecule has 1 aromatic heterocycles. The number of ether oxygens (including phenoxy) is 2. The van der Waals surface area contributed by atoms with E-state index in [4.69, 9.17) is 4.74 Å². The highest BCUT2D eigenvalue weighted by atomic mass is 19.4. The number of anilines is 1. The Morgan fingerprint density at radius 3 is 2.31 bits per heavy atom. The molecule has 1 N–H and O–H groups in total. The van der Waals surface area contributed by atoms with Crippen LogP contribution in [0.3, 0.4) is 0 Å². The lowest BCUT2D eigenvalue weighted by Crippen LogP contribution is -2.21. The molecule has 3 rings (SSSR count). The molecule has 0 saturated carbocycles. The number of hydrogen-bond acceptors (Lipinski definition) is 4. The Balaban J connectivity index is 1.94. The van der Waals surface area contributed by atoms with E-state index >= 15 is 0 Å². The van der Waals surface area contributed by atoms with Gasteiger partial charge in [0.25, 0.3) is 5.91 Å². The molecule has 0 bridgehead atoms. The van der Waals surface area contributed by atoms with Crippen LogP contribution < -0.4 is 14.8 Å². The number of carbonyl (C=O) groups is 1. The minimum Gasteiger partial charge on any atom is -0.493 e. The molecule has 6 nitrogen and oxygen atoms in total. The second-order valence-corrected chi connectivity index (χ2v) is 6.39. The fourth-order valence-corrected chi connectivity index (χ4v) is 2.65. The van der Waals surface area contributed by atoms with Gasteiger partial charge in [0.15, 0.2) is 18.1 Å². The number of alkyl halides is 6. The van der Waals surface area contributed by atoms with Crippen molar-refractivity contribution in [3.05, 3.63) is 66.0 Å². The SMILES string of the molecule is COc1cn(-c2ccccc2)nc1C(=O)Nc1cc(C(F)(F)F)ccc1OCC(F)(F)F. The molecule has 0 atom stereocenters. The van der Waals surface area contributed by atoms with Gasteiger partial charge in [-0.2, -0.15) is 31.4 Å². The molecule has 32 heavy (non-hydrogen) atoms. The van der Waals surface area contributed by atoms with Crippen molar-refractivity contribution >= 4 is 11.6 Å². The molecule has 1 amide bonds. The number of nitrogens with one attached hydrogen (secondary N) is 1. The lowest BCUT2D eigenvalue weighted by Gasteiger charge is -2.16. The molecule has 0 radical (unpaired) electrons. The van der Waals surface area contributed by atoms with Gasteiger partial charge in [0.05, 0.1) is 30.2 Å². The highest BCUT2D eigenvalue weighted by molar-refractivity contribution is 6.05. The number of methoxy groups -OCH3 is 1. The summed E-state index contributed by atoms with van der Waals surface area (Å²) < 4.78 is 87.7. The van der Waals surface area contributed by atoms with Gasteiger partial charge < -0.3 is 14.8 Å². The van der Waals surface area contributed by atoms with Crippen LogP contribution in [-0.4, -0.2) is 35.6 Å². The molecule has 170 valence electrons.